The summed E-state index contributed by atoms with van der Waals surface area (Å²) in [6.07, 6.45) is 1.18. The Bertz CT molecular complexity index is 735. The Morgan fingerprint density at radius 2 is 1.96 bits per heavy atom. The molecule has 1 aromatic carbocycles. The number of carbonyl (C=O) groups excluding carboxylic acids is 2. The number of aromatic nitrogens is 1. The van der Waals surface area contributed by atoms with Crippen LogP contribution in [0.3, 0.4) is 0 Å². The van der Waals surface area contributed by atoms with Gasteiger partial charge in [0.05, 0.1) is 13.0 Å². The smallest absolute Gasteiger partial charge is 0.234 e. The van der Waals surface area contributed by atoms with Gasteiger partial charge in [0.2, 0.25) is 11.8 Å². The number of benzene rings is 1. The van der Waals surface area contributed by atoms with E-state index in [1.165, 1.54) is 0 Å². The zero-order valence-electron chi connectivity index (χ0n) is 14.5. The lowest BCUT2D eigenvalue weighted by Crippen LogP contribution is -2.51. The number of nitrogens with zero attached hydrogens (tertiary/aromatic N) is 3. The van der Waals surface area contributed by atoms with Crippen LogP contribution >= 0.6 is 0 Å². The first-order valence-electron chi connectivity index (χ1n) is 8.77. The second kappa shape index (κ2) is 8.11. The molecule has 0 radical (unpaired) electrons. The highest BCUT2D eigenvalue weighted by Crippen LogP contribution is 2.19. The molecule has 0 saturated carbocycles. The van der Waals surface area contributed by atoms with Crippen molar-refractivity contribution >= 4 is 22.8 Å². The summed E-state index contributed by atoms with van der Waals surface area (Å²) in [5, 5.41) is 7.80. The van der Waals surface area contributed by atoms with Crippen molar-refractivity contribution in [1.82, 2.24) is 20.3 Å². The Hall–Kier alpha value is -2.41. The van der Waals surface area contributed by atoms with Crippen LogP contribution < -0.4 is 5.32 Å². The third-order valence-electron chi connectivity index (χ3n) is 4.44. The summed E-state index contributed by atoms with van der Waals surface area (Å²) in [6.45, 7) is 5.84. The van der Waals surface area contributed by atoms with Crippen LogP contribution in [-0.4, -0.2) is 66.0 Å². The predicted octanol–water partition coefficient (Wildman–Crippen LogP) is 1.04. The molecule has 0 aliphatic carbocycles. The fraction of sp³-hybridized carbons (Fsp3) is 0.500. The first-order valence-corrected chi connectivity index (χ1v) is 8.77. The molecule has 134 valence electrons. The van der Waals surface area contributed by atoms with Crippen LogP contribution in [0.15, 0.2) is 28.8 Å². The van der Waals surface area contributed by atoms with E-state index in [0.29, 0.717) is 50.5 Å². The van der Waals surface area contributed by atoms with Crippen LogP contribution in [0.5, 0.6) is 0 Å². The summed E-state index contributed by atoms with van der Waals surface area (Å²) >= 11 is 0. The van der Waals surface area contributed by atoms with Gasteiger partial charge in [-0.2, -0.15) is 0 Å². The van der Waals surface area contributed by atoms with Gasteiger partial charge in [0.1, 0.15) is 5.69 Å². The number of nitrogens with one attached hydrogen (secondary N) is 1. The largest absolute Gasteiger partial charge is 0.356 e. The predicted molar refractivity (Wildman–Crippen MR) is 94.0 cm³/mol. The molecule has 3 rings (SSSR count). The number of hydrogen-bond donors (Lipinski definition) is 1. The fourth-order valence-corrected chi connectivity index (χ4v) is 3.00. The summed E-state index contributed by atoms with van der Waals surface area (Å²) in [7, 11) is 0. The van der Waals surface area contributed by atoms with E-state index in [4.69, 9.17) is 4.52 Å². The van der Waals surface area contributed by atoms with Crippen molar-refractivity contribution in [2.75, 3.05) is 39.3 Å². The molecule has 7 nitrogen and oxygen atoms in total. The van der Waals surface area contributed by atoms with Gasteiger partial charge in [0.15, 0.2) is 5.58 Å². The second-order valence-electron chi connectivity index (χ2n) is 6.31. The normalized spacial score (nSPS) is 15.5. The van der Waals surface area contributed by atoms with Crippen molar-refractivity contribution in [1.29, 1.82) is 0 Å². The molecule has 0 atom stereocenters. The van der Waals surface area contributed by atoms with E-state index in [0.717, 1.165) is 11.8 Å². The summed E-state index contributed by atoms with van der Waals surface area (Å²) in [5.41, 5.74) is 1.38. The molecular formula is C18H24N4O3. The zero-order chi connectivity index (χ0) is 17.6. The minimum absolute atomic E-state index is 0.0501. The van der Waals surface area contributed by atoms with Crippen LogP contribution in [0.25, 0.3) is 11.0 Å². The Balaban J connectivity index is 1.49. The van der Waals surface area contributed by atoms with Crippen LogP contribution in [0, 0.1) is 0 Å². The lowest BCUT2D eigenvalue weighted by atomic mass is 10.1. The van der Waals surface area contributed by atoms with Crippen LogP contribution in [-0.2, 0) is 16.0 Å². The van der Waals surface area contributed by atoms with E-state index in [1.54, 1.807) is 0 Å². The first kappa shape index (κ1) is 17.4. The highest BCUT2D eigenvalue weighted by molar-refractivity contribution is 5.86. The SMILES string of the molecule is CCCNC(=O)CN1CCN(C(=O)Cc2noc3ccccc23)CC1. The minimum Gasteiger partial charge on any atom is -0.356 e. The Morgan fingerprint density at radius 3 is 2.72 bits per heavy atom. The topological polar surface area (TPSA) is 78.7 Å². The maximum atomic E-state index is 12.5. The number of para-hydroxylation sites is 1. The Labute approximate surface area is 146 Å². The van der Waals surface area contributed by atoms with Crippen molar-refractivity contribution in [2.45, 2.75) is 19.8 Å². The van der Waals surface area contributed by atoms with E-state index in [-0.39, 0.29) is 18.2 Å². The first-order chi connectivity index (χ1) is 12.2. The lowest BCUT2D eigenvalue weighted by molar-refractivity contribution is -0.132. The molecule has 1 aliphatic rings. The Kier molecular flexibility index (Phi) is 5.65. The molecule has 1 aromatic heterocycles. The lowest BCUT2D eigenvalue weighted by Gasteiger charge is -2.34. The molecule has 1 fully saturated rings. The average Bonchev–Trinajstić information content (AvgIpc) is 3.03. The van der Waals surface area contributed by atoms with Gasteiger partial charge in [0, 0.05) is 38.1 Å². The van der Waals surface area contributed by atoms with E-state index in [9.17, 15) is 9.59 Å². The third-order valence-corrected chi connectivity index (χ3v) is 4.44. The van der Waals surface area contributed by atoms with Crippen LogP contribution in [0.4, 0.5) is 0 Å². The quantitative estimate of drug-likeness (QED) is 0.847. The van der Waals surface area contributed by atoms with Gasteiger partial charge in [-0.1, -0.05) is 24.2 Å². The average molecular weight is 344 g/mol. The number of carbonyl (C=O) groups is 2. The van der Waals surface area contributed by atoms with Crippen LogP contribution in [0.1, 0.15) is 19.0 Å². The zero-order valence-corrected chi connectivity index (χ0v) is 14.5. The molecule has 1 saturated heterocycles. The second-order valence-corrected chi connectivity index (χ2v) is 6.31. The monoisotopic (exact) mass is 344 g/mol. The van der Waals surface area contributed by atoms with Gasteiger partial charge in [-0.25, -0.2) is 0 Å². The third kappa shape index (κ3) is 4.36. The van der Waals surface area contributed by atoms with E-state index in [2.05, 4.69) is 15.4 Å². The van der Waals surface area contributed by atoms with Crippen molar-refractivity contribution < 1.29 is 14.1 Å². The maximum Gasteiger partial charge on any atom is 0.234 e. The molecule has 1 aliphatic heterocycles. The molecule has 2 amide bonds. The van der Waals surface area contributed by atoms with Crippen molar-refractivity contribution in [2.24, 2.45) is 0 Å². The van der Waals surface area contributed by atoms with E-state index in [1.807, 2.05) is 36.1 Å². The van der Waals surface area contributed by atoms with Crippen molar-refractivity contribution in [3.05, 3.63) is 30.0 Å². The molecular weight excluding hydrogens is 320 g/mol. The highest BCUT2D eigenvalue weighted by Gasteiger charge is 2.23. The van der Waals surface area contributed by atoms with E-state index < -0.39 is 0 Å². The summed E-state index contributed by atoms with van der Waals surface area (Å²) in [5.74, 6) is 0.102. The fourth-order valence-electron chi connectivity index (χ4n) is 3.00. The summed E-state index contributed by atoms with van der Waals surface area (Å²) in [6, 6.07) is 7.56. The maximum absolute atomic E-state index is 12.5. The van der Waals surface area contributed by atoms with Gasteiger partial charge in [-0.05, 0) is 18.6 Å². The minimum atomic E-state index is 0.0501. The highest BCUT2D eigenvalue weighted by atomic mass is 16.5. The van der Waals surface area contributed by atoms with Gasteiger partial charge < -0.3 is 14.7 Å². The molecule has 2 aromatic rings. The number of piperazine rings is 1. The number of amides is 2. The molecule has 0 bridgehead atoms. The standard InChI is InChI=1S/C18H24N4O3/c1-2-7-19-17(23)13-21-8-10-22(11-9-21)18(24)12-15-14-5-3-4-6-16(14)25-20-15/h3-6H,2,7-13H2,1H3,(H,19,23). The van der Waals surface area contributed by atoms with Gasteiger partial charge in [-0.15, -0.1) is 0 Å². The Morgan fingerprint density at radius 1 is 1.20 bits per heavy atom. The number of rotatable bonds is 6. The van der Waals surface area contributed by atoms with E-state index >= 15 is 0 Å². The number of fused-ring (bicyclic) bond motifs is 1. The molecule has 0 unspecified atom stereocenters. The molecule has 0 spiro atoms. The van der Waals surface area contributed by atoms with Gasteiger partial charge >= 0.3 is 0 Å². The summed E-state index contributed by atoms with van der Waals surface area (Å²) in [4.78, 5) is 28.2. The summed E-state index contributed by atoms with van der Waals surface area (Å²) < 4.78 is 5.26. The molecule has 2 heterocycles. The molecule has 25 heavy (non-hydrogen) atoms. The number of hydrogen-bond acceptors (Lipinski definition) is 5. The van der Waals surface area contributed by atoms with Crippen LogP contribution in [0.2, 0.25) is 0 Å². The molecule has 7 heteroatoms. The van der Waals surface area contributed by atoms with Crippen molar-refractivity contribution in [3.63, 3.8) is 0 Å². The van der Waals surface area contributed by atoms with Gasteiger partial charge in [-0.3, -0.25) is 14.5 Å². The molecule has 1 N–H and O–H groups in total. The van der Waals surface area contributed by atoms with Crippen molar-refractivity contribution in [3.8, 4) is 0 Å². The van der Waals surface area contributed by atoms with Gasteiger partial charge in [0.25, 0.3) is 0 Å².